The molecule has 0 radical (unpaired) electrons. The maximum absolute atomic E-state index is 13.9. The summed E-state index contributed by atoms with van der Waals surface area (Å²) in [4.78, 5) is 43.9. The minimum atomic E-state index is -1.21. The molecule has 0 bridgehead atoms. The van der Waals surface area contributed by atoms with E-state index in [1.165, 1.54) is 4.90 Å². The minimum absolute atomic E-state index is 0.270. The highest BCUT2D eigenvalue weighted by atomic mass is 16.6. The Balaban J connectivity index is 2.65. The van der Waals surface area contributed by atoms with Gasteiger partial charge in [0.05, 0.1) is 0 Å². The van der Waals surface area contributed by atoms with Crippen molar-refractivity contribution >= 4 is 18.0 Å². The fourth-order valence-electron chi connectivity index (χ4n) is 4.22. The van der Waals surface area contributed by atoms with Crippen molar-refractivity contribution in [2.75, 3.05) is 0 Å². The van der Waals surface area contributed by atoms with Gasteiger partial charge in [-0.25, -0.2) is 9.59 Å². The van der Waals surface area contributed by atoms with Crippen LogP contribution in [-0.4, -0.2) is 56.7 Å². The smallest absolute Gasteiger partial charge is 0.412 e. The third-order valence-corrected chi connectivity index (χ3v) is 5.52. The van der Waals surface area contributed by atoms with Gasteiger partial charge in [0, 0.05) is 11.8 Å². The summed E-state index contributed by atoms with van der Waals surface area (Å²) in [5, 5.41) is 0. The zero-order valence-corrected chi connectivity index (χ0v) is 22.7. The molecule has 2 atom stereocenters. The summed E-state index contributed by atoms with van der Waals surface area (Å²) in [6, 6.07) is 8.61. The van der Waals surface area contributed by atoms with Gasteiger partial charge >= 0.3 is 12.1 Å². The monoisotopic (exact) mass is 474 g/mol. The van der Waals surface area contributed by atoms with Gasteiger partial charge in [0.2, 0.25) is 0 Å². The zero-order valence-electron chi connectivity index (χ0n) is 22.7. The molecule has 1 saturated heterocycles. The number of amides is 2. The van der Waals surface area contributed by atoms with Crippen LogP contribution in [0.1, 0.15) is 81.7 Å². The molecule has 7 nitrogen and oxygen atoms in total. The molecule has 1 aliphatic rings. The van der Waals surface area contributed by atoms with Crippen LogP contribution in [0.25, 0.3) is 0 Å². The summed E-state index contributed by atoms with van der Waals surface area (Å²) in [6.45, 7) is 20.0. The van der Waals surface area contributed by atoms with E-state index in [-0.39, 0.29) is 12.3 Å². The van der Waals surface area contributed by atoms with Crippen LogP contribution in [0.15, 0.2) is 30.3 Å². The SMILES string of the molecule is CC(C)(C)OC(=O)[C@H](Cc1ccccc1)N1C(=O)C(C)(C)N(C(=O)OC(C)(C)C)[C@H]1C(C)(C)C. The highest BCUT2D eigenvalue weighted by molar-refractivity contribution is 5.96. The van der Waals surface area contributed by atoms with E-state index in [0.29, 0.717) is 0 Å². The molecule has 1 aromatic carbocycles. The first-order valence-electron chi connectivity index (χ1n) is 11.9. The number of carbonyl (C=O) groups excluding carboxylic acids is 3. The third kappa shape index (κ3) is 6.30. The molecule has 2 rings (SSSR count). The van der Waals surface area contributed by atoms with E-state index in [2.05, 4.69) is 0 Å². The fraction of sp³-hybridized carbons (Fsp3) is 0.667. The highest BCUT2D eigenvalue weighted by Crippen LogP contribution is 2.42. The number of nitrogens with zero attached hydrogens (tertiary/aromatic N) is 2. The van der Waals surface area contributed by atoms with Crippen LogP contribution in [0.2, 0.25) is 0 Å². The fourth-order valence-corrected chi connectivity index (χ4v) is 4.22. The van der Waals surface area contributed by atoms with Crippen molar-refractivity contribution in [1.29, 1.82) is 0 Å². The van der Waals surface area contributed by atoms with Gasteiger partial charge in [0.25, 0.3) is 5.91 Å². The number of hydrogen-bond donors (Lipinski definition) is 0. The first-order chi connectivity index (χ1) is 15.3. The average molecular weight is 475 g/mol. The topological polar surface area (TPSA) is 76.2 Å². The number of rotatable bonds is 4. The summed E-state index contributed by atoms with van der Waals surface area (Å²) in [6.07, 6.45) is -1.03. The highest BCUT2D eigenvalue weighted by Gasteiger charge is 2.61. The second-order valence-corrected chi connectivity index (χ2v) is 12.6. The third-order valence-electron chi connectivity index (χ3n) is 5.52. The van der Waals surface area contributed by atoms with Crippen molar-refractivity contribution in [3.8, 4) is 0 Å². The molecule has 0 aromatic heterocycles. The summed E-state index contributed by atoms with van der Waals surface area (Å²) in [7, 11) is 0. The van der Waals surface area contributed by atoms with Crippen LogP contribution in [0.3, 0.4) is 0 Å². The summed E-state index contributed by atoms with van der Waals surface area (Å²) < 4.78 is 11.5. The predicted molar refractivity (Wildman–Crippen MR) is 132 cm³/mol. The predicted octanol–water partition coefficient (Wildman–Crippen LogP) is 5.17. The van der Waals surface area contributed by atoms with Crippen molar-refractivity contribution in [2.24, 2.45) is 5.41 Å². The molecular formula is C27H42N2O5. The Bertz CT molecular complexity index is 904. The minimum Gasteiger partial charge on any atom is -0.458 e. The summed E-state index contributed by atoms with van der Waals surface area (Å²) >= 11 is 0. The van der Waals surface area contributed by atoms with E-state index in [0.717, 1.165) is 5.56 Å². The molecule has 0 N–H and O–H groups in total. The average Bonchev–Trinajstić information content (AvgIpc) is 2.84. The number of ether oxygens (including phenoxy) is 2. The molecule has 0 aliphatic carbocycles. The molecule has 1 aliphatic heterocycles. The molecule has 2 amide bonds. The lowest BCUT2D eigenvalue weighted by Gasteiger charge is -2.43. The van der Waals surface area contributed by atoms with Gasteiger partial charge < -0.3 is 14.4 Å². The van der Waals surface area contributed by atoms with Crippen LogP contribution in [-0.2, 0) is 25.5 Å². The lowest BCUT2D eigenvalue weighted by Crippen LogP contribution is -2.58. The molecular weight excluding hydrogens is 432 g/mol. The number of esters is 1. The van der Waals surface area contributed by atoms with Gasteiger partial charge in [-0.1, -0.05) is 51.1 Å². The molecule has 190 valence electrons. The van der Waals surface area contributed by atoms with E-state index in [1.807, 2.05) is 51.1 Å². The molecule has 1 heterocycles. The van der Waals surface area contributed by atoms with Crippen molar-refractivity contribution in [1.82, 2.24) is 9.80 Å². The molecule has 0 saturated carbocycles. The van der Waals surface area contributed by atoms with Crippen LogP contribution in [0.4, 0.5) is 4.79 Å². The first kappa shape index (κ1) is 27.7. The van der Waals surface area contributed by atoms with Crippen LogP contribution < -0.4 is 0 Å². The Kier molecular flexibility index (Phi) is 7.51. The lowest BCUT2D eigenvalue weighted by molar-refractivity contribution is -0.167. The lowest BCUT2D eigenvalue weighted by atomic mass is 9.89. The number of carbonyl (C=O) groups is 3. The molecule has 1 fully saturated rings. The van der Waals surface area contributed by atoms with Gasteiger partial charge in [-0.2, -0.15) is 0 Å². The van der Waals surface area contributed by atoms with Gasteiger partial charge in [0.15, 0.2) is 0 Å². The number of benzene rings is 1. The Morgan fingerprint density at radius 3 is 1.85 bits per heavy atom. The van der Waals surface area contributed by atoms with Crippen molar-refractivity contribution in [3.63, 3.8) is 0 Å². The number of hydrogen-bond acceptors (Lipinski definition) is 5. The first-order valence-corrected chi connectivity index (χ1v) is 11.9. The Morgan fingerprint density at radius 2 is 1.41 bits per heavy atom. The standard InChI is InChI=1S/C27H42N2O5/c1-24(2,3)21-28(22(31)27(10,11)29(21)23(32)34-26(7,8)9)19(20(30)33-25(4,5)6)17-18-15-13-12-14-16-18/h12-16,19,21H,17H2,1-11H3/t19-,21-/m0/s1. The van der Waals surface area contributed by atoms with Crippen LogP contribution >= 0.6 is 0 Å². The molecule has 0 unspecified atom stereocenters. The van der Waals surface area contributed by atoms with E-state index in [4.69, 9.17) is 9.47 Å². The van der Waals surface area contributed by atoms with Crippen LogP contribution in [0.5, 0.6) is 0 Å². The normalized spacial score (nSPS) is 19.7. The van der Waals surface area contributed by atoms with Gasteiger partial charge in [-0.15, -0.1) is 0 Å². The molecule has 1 aromatic rings. The summed E-state index contributed by atoms with van der Waals surface area (Å²) in [5.41, 5.74) is -2.35. The molecule has 0 spiro atoms. The zero-order chi connectivity index (χ0) is 26.3. The second-order valence-electron chi connectivity index (χ2n) is 12.6. The molecule has 7 heteroatoms. The second kappa shape index (κ2) is 9.23. The summed E-state index contributed by atoms with van der Waals surface area (Å²) in [5.74, 6) is -0.814. The van der Waals surface area contributed by atoms with E-state index >= 15 is 0 Å². The molecule has 34 heavy (non-hydrogen) atoms. The Morgan fingerprint density at radius 1 is 0.912 bits per heavy atom. The van der Waals surface area contributed by atoms with Crippen LogP contribution in [0, 0.1) is 5.41 Å². The van der Waals surface area contributed by atoms with E-state index in [1.54, 1.807) is 60.3 Å². The van der Waals surface area contributed by atoms with Gasteiger partial charge in [-0.05, 0) is 61.0 Å². The van der Waals surface area contributed by atoms with Crippen molar-refractivity contribution in [3.05, 3.63) is 35.9 Å². The van der Waals surface area contributed by atoms with E-state index in [9.17, 15) is 14.4 Å². The maximum Gasteiger partial charge on any atom is 0.412 e. The maximum atomic E-state index is 13.9. The Hall–Kier alpha value is -2.57. The van der Waals surface area contributed by atoms with Gasteiger partial charge in [-0.3, -0.25) is 9.69 Å². The quantitative estimate of drug-likeness (QED) is 0.563. The van der Waals surface area contributed by atoms with Crippen molar-refractivity contribution in [2.45, 2.75) is 112 Å². The largest absolute Gasteiger partial charge is 0.458 e. The van der Waals surface area contributed by atoms with Crippen molar-refractivity contribution < 1.29 is 23.9 Å². The van der Waals surface area contributed by atoms with Gasteiger partial charge in [0.1, 0.15) is 28.9 Å². The Labute approximate surface area is 204 Å². The van der Waals surface area contributed by atoms with E-state index < -0.39 is 46.4 Å².